The molecule has 0 aromatic rings. The number of allylic oxidation sites excluding steroid dienone is 1. The number of hydrogen-bond donors (Lipinski definition) is 1. The van der Waals surface area contributed by atoms with Crippen LogP contribution in [0.15, 0.2) is 12.2 Å². The molecular weight excluding hydrogens is 170 g/mol. The van der Waals surface area contributed by atoms with E-state index < -0.39 is 0 Å². The van der Waals surface area contributed by atoms with Crippen molar-refractivity contribution in [2.75, 3.05) is 0 Å². The highest BCUT2D eigenvalue weighted by atomic mass is 14.8. The van der Waals surface area contributed by atoms with Crippen LogP contribution in [0.3, 0.4) is 0 Å². The highest BCUT2D eigenvalue weighted by molar-refractivity contribution is 5.07. The third kappa shape index (κ3) is 2.03. The van der Waals surface area contributed by atoms with E-state index in [1.54, 1.807) is 0 Å². The van der Waals surface area contributed by atoms with Gasteiger partial charge in [-0.3, -0.25) is 0 Å². The Labute approximate surface area is 87.8 Å². The lowest BCUT2D eigenvalue weighted by molar-refractivity contribution is 0.169. The Bertz CT molecular complexity index is 203. The first-order chi connectivity index (χ1) is 6.71. The van der Waals surface area contributed by atoms with Gasteiger partial charge in [-0.2, -0.15) is 0 Å². The molecule has 0 aromatic heterocycles. The fraction of sp³-hybridized carbons (Fsp3) is 0.846. The molecule has 2 aliphatic rings. The van der Waals surface area contributed by atoms with Gasteiger partial charge in [0.2, 0.25) is 0 Å². The van der Waals surface area contributed by atoms with E-state index in [1.165, 1.54) is 63.4 Å². The molecule has 2 fully saturated rings. The van der Waals surface area contributed by atoms with Gasteiger partial charge in [0, 0.05) is 5.54 Å². The van der Waals surface area contributed by atoms with Crippen molar-refractivity contribution in [1.82, 2.24) is 0 Å². The molecule has 0 atom stereocenters. The van der Waals surface area contributed by atoms with Crippen LogP contribution in [0.1, 0.15) is 57.8 Å². The molecule has 0 heterocycles. The molecule has 0 aliphatic heterocycles. The summed E-state index contributed by atoms with van der Waals surface area (Å²) in [5.74, 6) is 0.810. The fourth-order valence-corrected chi connectivity index (χ4v) is 3.15. The molecule has 0 aromatic carbocycles. The molecule has 0 unspecified atom stereocenters. The van der Waals surface area contributed by atoms with Crippen molar-refractivity contribution >= 4 is 0 Å². The molecular formula is C13H23N. The quantitative estimate of drug-likeness (QED) is 0.635. The second-order valence-corrected chi connectivity index (χ2v) is 5.32. The predicted molar refractivity (Wildman–Crippen MR) is 61.1 cm³/mol. The third-order valence-corrected chi connectivity index (χ3v) is 4.31. The zero-order valence-corrected chi connectivity index (χ0v) is 9.23. The van der Waals surface area contributed by atoms with Crippen LogP contribution in [0.25, 0.3) is 0 Å². The standard InChI is InChI=1S/C13H23N/c1-11-7-9-13(14,10-8-11)12-5-3-2-4-6-12/h12H,1-10,14H2. The molecule has 14 heavy (non-hydrogen) atoms. The maximum atomic E-state index is 6.55. The molecule has 2 aliphatic carbocycles. The Morgan fingerprint density at radius 2 is 1.64 bits per heavy atom. The van der Waals surface area contributed by atoms with Gasteiger partial charge in [-0.15, -0.1) is 0 Å². The predicted octanol–water partition coefficient (Wildman–Crippen LogP) is 3.39. The average Bonchev–Trinajstić information content (AvgIpc) is 2.24. The van der Waals surface area contributed by atoms with Crippen LogP contribution in [0.5, 0.6) is 0 Å². The molecule has 0 bridgehead atoms. The van der Waals surface area contributed by atoms with E-state index >= 15 is 0 Å². The van der Waals surface area contributed by atoms with Gasteiger partial charge in [-0.05, 0) is 44.4 Å². The summed E-state index contributed by atoms with van der Waals surface area (Å²) in [5, 5.41) is 0. The third-order valence-electron chi connectivity index (χ3n) is 4.31. The highest BCUT2D eigenvalue weighted by Crippen LogP contribution is 2.40. The van der Waals surface area contributed by atoms with Crippen molar-refractivity contribution in [2.24, 2.45) is 11.7 Å². The zero-order valence-electron chi connectivity index (χ0n) is 9.23. The van der Waals surface area contributed by atoms with Gasteiger partial charge < -0.3 is 5.73 Å². The normalized spacial score (nSPS) is 29.1. The van der Waals surface area contributed by atoms with Crippen molar-refractivity contribution in [3.8, 4) is 0 Å². The van der Waals surface area contributed by atoms with Gasteiger partial charge >= 0.3 is 0 Å². The molecule has 2 N–H and O–H groups in total. The van der Waals surface area contributed by atoms with Crippen LogP contribution in [0, 0.1) is 5.92 Å². The van der Waals surface area contributed by atoms with E-state index in [0.29, 0.717) is 0 Å². The second-order valence-electron chi connectivity index (χ2n) is 5.32. The number of hydrogen-bond acceptors (Lipinski definition) is 1. The van der Waals surface area contributed by atoms with E-state index in [-0.39, 0.29) is 5.54 Å². The molecule has 1 heteroatoms. The maximum absolute atomic E-state index is 6.55. The van der Waals surface area contributed by atoms with Gasteiger partial charge in [-0.1, -0.05) is 31.4 Å². The minimum Gasteiger partial charge on any atom is -0.325 e. The summed E-state index contributed by atoms with van der Waals surface area (Å²) in [6.45, 7) is 4.07. The van der Waals surface area contributed by atoms with Crippen molar-refractivity contribution in [1.29, 1.82) is 0 Å². The lowest BCUT2D eigenvalue weighted by Crippen LogP contribution is -2.49. The van der Waals surface area contributed by atoms with E-state index in [1.807, 2.05) is 0 Å². The first-order valence-electron chi connectivity index (χ1n) is 6.16. The summed E-state index contributed by atoms with van der Waals surface area (Å²) < 4.78 is 0. The lowest BCUT2D eigenvalue weighted by atomic mass is 9.67. The first kappa shape index (κ1) is 10.2. The fourth-order valence-electron chi connectivity index (χ4n) is 3.15. The number of nitrogens with two attached hydrogens (primary N) is 1. The summed E-state index contributed by atoms with van der Waals surface area (Å²) >= 11 is 0. The van der Waals surface area contributed by atoms with Crippen LogP contribution in [0.4, 0.5) is 0 Å². The van der Waals surface area contributed by atoms with Gasteiger partial charge in [0.1, 0.15) is 0 Å². The van der Waals surface area contributed by atoms with Crippen molar-refractivity contribution in [3.05, 3.63) is 12.2 Å². The van der Waals surface area contributed by atoms with Crippen LogP contribution in [-0.2, 0) is 0 Å². The van der Waals surface area contributed by atoms with Gasteiger partial charge in [0.15, 0.2) is 0 Å². The van der Waals surface area contributed by atoms with Crippen molar-refractivity contribution in [3.63, 3.8) is 0 Å². The van der Waals surface area contributed by atoms with Gasteiger partial charge in [-0.25, -0.2) is 0 Å². The average molecular weight is 193 g/mol. The first-order valence-corrected chi connectivity index (χ1v) is 6.16. The van der Waals surface area contributed by atoms with E-state index in [2.05, 4.69) is 6.58 Å². The molecule has 0 saturated heterocycles. The van der Waals surface area contributed by atoms with Crippen LogP contribution < -0.4 is 5.73 Å². The molecule has 2 rings (SSSR count). The Morgan fingerprint density at radius 1 is 1.07 bits per heavy atom. The van der Waals surface area contributed by atoms with Crippen LogP contribution in [0.2, 0.25) is 0 Å². The SMILES string of the molecule is C=C1CCC(N)(C2CCCCC2)CC1. The molecule has 0 spiro atoms. The Kier molecular flexibility index (Phi) is 2.96. The smallest absolute Gasteiger partial charge is 0.0189 e. The molecule has 0 radical (unpaired) electrons. The maximum Gasteiger partial charge on any atom is 0.0189 e. The molecule has 2 saturated carbocycles. The second kappa shape index (κ2) is 4.06. The lowest BCUT2D eigenvalue weighted by Gasteiger charge is -2.43. The number of rotatable bonds is 1. The van der Waals surface area contributed by atoms with E-state index in [0.717, 1.165) is 5.92 Å². The monoisotopic (exact) mass is 193 g/mol. The summed E-state index contributed by atoms with van der Waals surface area (Å²) in [4.78, 5) is 0. The largest absolute Gasteiger partial charge is 0.325 e. The van der Waals surface area contributed by atoms with Crippen molar-refractivity contribution < 1.29 is 0 Å². The Balaban J connectivity index is 1.96. The van der Waals surface area contributed by atoms with Gasteiger partial charge in [0.05, 0.1) is 0 Å². The summed E-state index contributed by atoms with van der Waals surface area (Å²) in [5.41, 5.74) is 8.14. The van der Waals surface area contributed by atoms with Crippen LogP contribution in [-0.4, -0.2) is 5.54 Å². The Hall–Kier alpha value is -0.300. The molecule has 80 valence electrons. The molecule has 0 amide bonds. The summed E-state index contributed by atoms with van der Waals surface area (Å²) in [6, 6.07) is 0. The Morgan fingerprint density at radius 3 is 2.21 bits per heavy atom. The minimum atomic E-state index is 0.168. The minimum absolute atomic E-state index is 0.168. The zero-order chi connectivity index (χ0) is 10.0. The van der Waals surface area contributed by atoms with E-state index in [9.17, 15) is 0 Å². The van der Waals surface area contributed by atoms with Crippen LogP contribution >= 0.6 is 0 Å². The van der Waals surface area contributed by atoms with E-state index in [4.69, 9.17) is 5.73 Å². The van der Waals surface area contributed by atoms with Crippen molar-refractivity contribution in [2.45, 2.75) is 63.3 Å². The highest BCUT2D eigenvalue weighted by Gasteiger charge is 2.36. The van der Waals surface area contributed by atoms with Gasteiger partial charge in [0.25, 0.3) is 0 Å². The topological polar surface area (TPSA) is 26.0 Å². The summed E-state index contributed by atoms with van der Waals surface area (Å²) in [7, 11) is 0. The summed E-state index contributed by atoms with van der Waals surface area (Å²) in [6.07, 6.45) is 11.7. The molecule has 1 nitrogen and oxygen atoms in total.